The van der Waals surface area contributed by atoms with Gasteiger partial charge in [0.25, 0.3) is 0 Å². The number of rotatable bonds is 7. The molecule has 1 aromatic rings. The van der Waals surface area contributed by atoms with E-state index in [9.17, 15) is 4.79 Å². The van der Waals surface area contributed by atoms with Crippen molar-refractivity contribution in [3.63, 3.8) is 0 Å². The quantitative estimate of drug-likeness (QED) is 0.618. The molecular formula is C17H23NO3. The molecule has 0 spiro atoms. The largest absolute Gasteiger partial charge is 0.478 e. The number of anilines is 1. The number of carbonyl (C=O) groups is 1. The molecular weight excluding hydrogens is 266 g/mol. The third kappa shape index (κ3) is 5.44. The van der Waals surface area contributed by atoms with E-state index in [1.165, 1.54) is 6.08 Å². The molecule has 0 heterocycles. The molecule has 1 N–H and O–H groups in total. The first-order valence-corrected chi connectivity index (χ1v) is 6.83. The molecule has 114 valence electrons. The summed E-state index contributed by atoms with van der Waals surface area (Å²) in [6.45, 7) is 2.04. The summed E-state index contributed by atoms with van der Waals surface area (Å²) in [6, 6.07) is 8.23. The molecule has 0 aromatic heterocycles. The Labute approximate surface area is 126 Å². The van der Waals surface area contributed by atoms with Crippen LogP contribution in [0.15, 0.2) is 48.6 Å². The molecule has 0 aliphatic heterocycles. The Morgan fingerprint density at radius 3 is 2.33 bits per heavy atom. The Morgan fingerprint density at radius 2 is 1.86 bits per heavy atom. The van der Waals surface area contributed by atoms with E-state index in [-0.39, 0.29) is 12.0 Å². The van der Waals surface area contributed by atoms with E-state index < -0.39 is 5.97 Å². The summed E-state index contributed by atoms with van der Waals surface area (Å²) in [6.07, 6.45) is 6.24. The highest BCUT2D eigenvalue weighted by molar-refractivity contribution is 5.80. The Kier molecular flexibility index (Phi) is 6.69. The summed E-state index contributed by atoms with van der Waals surface area (Å²) in [5, 5.41) is 8.53. The van der Waals surface area contributed by atoms with Crippen molar-refractivity contribution in [3.8, 4) is 0 Å². The first-order valence-electron chi connectivity index (χ1n) is 6.83. The molecule has 4 heteroatoms. The summed E-state index contributed by atoms with van der Waals surface area (Å²) in [5.41, 5.74) is 2.24. The molecule has 0 saturated carbocycles. The van der Waals surface area contributed by atoms with Crippen LogP contribution in [0.4, 0.5) is 5.69 Å². The van der Waals surface area contributed by atoms with Crippen LogP contribution in [0.2, 0.25) is 0 Å². The van der Waals surface area contributed by atoms with Crippen molar-refractivity contribution >= 4 is 11.7 Å². The monoisotopic (exact) mass is 289 g/mol. The number of nitrogens with zero attached hydrogens (tertiary/aromatic N) is 1. The van der Waals surface area contributed by atoms with E-state index in [0.717, 1.165) is 17.3 Å². The van der Waals surface area contributed by atoms with Crippen molar-refractivity contribution < 1.29 is 14.6 Å². The van der Waals surface area contributed by atoms with Crippen molar-refractivity contribution in [2.24, 2.45) is 5.92 Å². The standard InChI is InChI=1S/C17H23NO3/c1-13(7-5-6-8-16(19)20)17(21-4)14-9-11-15(12-10-14)18(2)3/h5-13,17H,1-4H3,(H,19,20)/b7-5+,8-6+/t13-,17?/m1/s1. The molecule has 0 bridgehead atoms. The molecule has 1 rings (SSSR count). The molecule has 0 amide bonds. The van der Waals surface area contributed by atoms with Crippen LogP contribution in [0, 0.1) is 5.92 Å². The molecule has 0 saturated heterocycles. The lowest BCUT2D eigenvalue weighted by molar-refractivity contribution is -0.131. The second-order valence-electron chi connectivity index (χ2n) is 5.08. The van der Waals surface area contributed by atoms with Crippen LogP contribution in [0.5, 0.6) is 0 Å². The SMILES string of the molecule is COC(c1ccc(N(C)C)cc1)[C@H](C)/C=C/C=C/C(=O)O. The van der Waals surface area contributed by atoms with Gasteiger partial charge in [0.15, 0.2) is 0 Å². The summed E-state index contributed by atoms with van der Waals surface area (Å²) in [5.74, 6) is -0.812. The fraction of sp³-hybridized carbons (Fsp3) is 0.353. The van der Waals surface area contributed by atoms with Crippen LogP contribution in [-0.4, -0.2) is 32.3 Å². The Balaban J connectivity index is 2.79. The van der Waals surface area contributed by atoms with Gasteiger partial charge in [-0.3, -0.25) is 0 Å². The van der Waals surface area contributed by atoms with Crippen molar-refractivity contribution in [1.29, 1.82) is 0 Å². The van der Waals surface area contributed by atoms with E-state index in [4.69, 9.17) is 9.84 Å². The molecule has 2 atom stereocenters. The maximum atomic E-state index is 10.4. The summed E-state index contributed by atoms with van der Waals surface area (Å²) >= 11 is 0. The maximum absolute atomic E-state index is 10.4. The summed E-state index contributed by atoms with van der Waals surface area (Å²) in [4.78, 5) is 12.4. The van der Waals surface area contributed by atoms with Crippen molar-refractivity contribution in [2.45, 2.75) is 13.0 Å². The fourth-order valence-electron chi connectivity index (χ4n) is 2.09. The average molecular weight is 289 g/mol. The number of benzene rings is 1. The van der Waals surface area contributed by atoms with E-state index >= 15 is 0 Å². The minimum atomic E-state index is -0.949. The van der Waals surface area contributed by atoms with Gasteiger partial charge in [0.05, 0.1) is 6.10 Å². The van der Waals surface area contributed by atoms with E-state index in [1.54, 1.807) is 13.2 Å². The van der Waals surface area contributed by atoms with Crippen LogP contribution < -0.4 is 4.90 Å². The summed E-state index contributed by atoms with van der Waals surface area (Å²) in [7, 11) is 5.69. The first kappa shape index (κ1) is 17.0. The predicted molar refractivity (Wildman–Crippen MR) is 85.6 cm³/mol. The van der Waals surface area contributed by atoms with Gasteiger partial charge in [0.2, 0.25) is 0 Å². The van der Waals surface area contributed by atoms with Gasteiger partial charge in [-0.05, 0) is 17.7 Å². The minimum Gasteiger partial charge on any atom is -0.478 e. The number of hydrogen-bond acceptors (Lipinski definition) is 3. The topological polar surface area (TPSA) is 49.8 Å². The Morgan fingerprint density at radius 1 is 1.24 bits per heavy atom. The molecule has 4 nitrogen and oxygen atoms in total. The van der Waals surface area contributed by atoms with Crippen LogP contribution in [0.3, 0.4) is 0 Å². The van der Waals surface area contributed by atoms with E-state index in [1.807, 2.05) is 32.0 Å². The normalized spacial score (nSPS) is 14.5. The van der Waals surface area contributed by atoms with Gasteiger partial charge in [-0.25, -0.2) is 4.79 Å². The zero-order valence-electron chi connectivity index (χ0n) is 13.0. The molecule has 0 fully saturated rings. The highest BCUT2D eigenvalue weighted by Crippen LogP contribution is 2.27. The number of allylic oxidation sites excluding steroid dienone is 2. The zero-order valence-corrected chi connectivity index (χ0v) is 13.0. The molecule has 21 heavy (non-hydrogen) atoms. The third-order valence-corrected chi connectivity index (χ3v) is 3.23. The number of methoxy groups -OCH3 is 1. The minimum absolute atomic E-state index is 0.0595. The van der Waals surface area contributed by atoms with Gasteiger partial charge >= 0.3 is 5.97 Å². The fourth-order valence-corrected chi connectivity index (χ4v) is 2.09. The van der Waals surface area contributed by atoms with Gasteiger partial charge in [-0.15, -0.1) is 0 Å². The van der Waals surface area contributed by atoms with Crippen LogP contribution in [0.25, 0.3) is 0 Å². The Hall–Kier alpha value is -2.07. The lowest BCUT2D eigenvalue weighted by atomic mass is 9.96. The maximum Gasteiger partial charge on any atom is 0.328 e. The lowest BCUT2D eigenvalue weighted by Crippen LogP contribution is -2.11. The highest BCUT2D eigenvalue weighted by atomic mass is 16.5. The number of carboxylic acid groups (broad SMARTS) is 1. The second kappa shape index (κ2) is 8.27. The number of ether oxygens (including phenoxy) is 1. The molecule has 1 unspecified atom stereocenters. The van der Waals surface area contributed by atoms with Crippen LogP contribution in [0.1, 0.15) is 18.6 Å². The molecule has 1 aromatic carbocycles. The van der Waals surface area contributed by atoms with Crippen molar-refractivity contribution in [3.05, 3.63) is 54.1 Å². The third-order valence-electron chi connectivity index (χ3n) is 3.23. The smallest absolute Gasteiger partial charge is 0.328 e. The van der Waals surface area contributed by atoms with Crippen LogP contribution in [-0.2, 0) is 9.53 Å². The molecule has 0 aliphatic rings. The van der Waals surface area contributed by atoms with Gasteiger partial charge in [-0.1, -0.05) is 37.3 Å². The zero-order chi connectivity index (χ0) is 15.8. The van der Waals surface area contributed by atoms with Gasteiger partial charge in [0.1, 0.15) is 0 Å². The predicted octanol–water partition coefficient (Wildman–Crippen LogP) is 3.27. The lowest BCUT2D eigenvalue weighted by Gasteiger charge is -2.21. The summed E-state index contributed by atoms with van der Waals surface area (Å²) < 4.78 is 5.57. The first-order chi connectivity index (χ1) is 9.95. The van der Waals surface area contributed by atoms with E-state index in [0.29, 0.717) is 0 Å². The molecule has 0 radical (unpaired) electrons. The van der Waals surface area contributed by atoms with Gasteiger partial charge < -0.3 is 14.7 Å². The number of carboxylic acids is 1. The van der Waals surface area contributed by atoms with E-state index in [2.05, 4.69) is 24.3 Å². The van der Waals surface area contributed by atoms with Gasteiger partial charge in [-0.2, -0.15) is 0 Å². The Bertz CT molecular complexity index is 503. The average Bonchev–Trinajstić information content (AvgIpc) is 2.44. The highest BCUT2D eigenvalue weighted by Gasteiger charge is 2.16. The van der Waals surface area contributed by atoms with Gasteiger partial charge in [0, 0.05) is 38.9 Å². The molecule has 0 aliphatic carbocycles. The second-order valence-corrected chi connectivity index (χ2v) is 5.08. The van der Waals surface area contributed by atoms with Crippen LogP contribution >= 0.6 is 0 Å². The number of hydrogen-bond donors (Lipinski definition) is 1. The number of aliphatic carboxylic acids is 1. The van der Waals surface area contributed by atoms with Crippen molar-refractivity contribution in [1.82, 2.24) is 0 Å². The van der Waals surface area contributed by atoms with Crippen molar-refractivity contribution in [2.75, 3.05) is 26.1 Å².